The molecule has 1 heterocycles. The van der Waals surface area contributed by atoms with Crippen LogP contribution in [0.3, 0.4) is 0 Å². The predicted molar refractivity (Wildman–Crippen MR) is 107 cm³/mol. The van der Waals surface area contributed by atoms with Crippen molar-refractivity contribution in [3.8, 4) is 0 Å². The molecule has 0 fully saturated rings. The van der Waals surface area contributed by atoms with Gasteiger partial charge in [0, 0.05) is 36.2 Å². The van der Waals surface area contributed by atoms with E-state index in [9.17, 15) is 14.4 Å². The molecule has 2 aromatic carbocycles. The third kappa shape index (κ3) is 4.56. The van der Waals surface area contributed by atoms with Crippen LogP contribution < -0.4 is 16.0 Å². The summed E-state index contributed by atoms with van der Waals surface area (Å²) in [6.45, 7) is 4.56. The van der Waals surface area contributed by atoms with Crippen molar-refractivity contribution in [2.45, 2.75) is 26.8 Å². The molecule has 1 aromatic heterocycles. The molecule has 0 aliphatic carbocycles. The molecule has 3 N–H and O–H groups in total. The first-order chi connectivity index (χ1) is 13.3. The summed E-state index contributed by atoms with van der Waals surface area (Å²) in [7, 11) is 0. The van der Waals surface area contributed by atoms with Crippen LogP contribution in [0.2, 0.25) is 0 Å². The van der Waals surface area contributed by atoms with Crippen molar-refractivity contribution in [3.63, 3.8) is 0 Å². The zero-order valence-corrected chi connectivity index (χ0v) is 15.8. The third-order valence-corrected chi connectivity index (χ3v) is 4.05. The summed E-state index contributed by atoms with van der Waals surface area (Å²) in [5, 5.41) is 9.09. The Morgan fingerprint density at radius 2 is 1.50 bits per heavy atom. The molecule has 0 radical (unpaired) electrons. The minimum atomic E-state index is -0.367. The standard InChI is InChI=1S/C21H21N3O4/c1-12(20-10-15-6-4-5-7-19(15)28-20)22-21(27)16-8-17(23-13(2)25)11-18(9-16)24-14(3)26/h4-12H,1-3H3,(H,22,27)(H,23,25)(H,24,26). The summed E-state index contributed by atoms with van der Waals surface area (Å²) in [6.07, 6.45) is 0. The van der Waals surface area contributed by atoms with Crippen LogP contribution in [0.25, 0.3) is 11.0 Å². The average molecular weight is 379 g/mol. The number of hydrogen-bond acceptors (Lipinski definition) is 4. The summed E-state index contributed by atoms with van der Waals surface area (Å²) < 4.78 is 5.79. The molecule has 0 saturated carbocycles. The van der Waals surface area contributed by atoms with E-state index in [1.807, 2.05) is 37.3 Å². The highest BCUT2D eigenvalue weighted by atomic mass is 16.3. The second kappa shape index (κ2) is 7.96. The first-order valence-electron chi connectivity index (χ1n) is 8.81. The van der Waals surface area contributed by atoms with E-state index in [0.29, 0.717) is 22.7 Å². The SMILES string of the molecule is CC(=O)Nc1cc(NC(C)=O)cc(C(=O)NC(C)c2cc3ccccc3o2)c1. The van der Waals surface area contributed by atoms with Crippen molar-refractivity contribution >= 4 is 40.1 Å². The maximum absolute atomic E-state index is 12.7. The topological polar surface area (TPSA) is 100 Å². The zero-order chi connectivity index (χ0) is 20.3. The van der Waals surface area contributed by atoms with Gasteiger partial charge in [0.2, 0.25) is 11.8 Å². The Balaban J connectivity index is 1.83. The summed E-state index contributed by atoms with van der Waals surface area (Å²) in [5.41, 5.74) is 1.89. The molecule has 7 nitrogen and oxygen atoms in total. The molecule has 0 aliphatic heterocycles. The number of nitrogens with one attached hydrogen (secondary N) is 3. The summed E-state index contributed by atoms with van der Waals surface area (Å²) in [5.74, 6) is -0.273. The second-order valence-corrected chi connectivity index (χ2v) is 6.54. The lowest BCUT2D eigenvalue weighted by Gasteiger charge is -2.14. The summed E-state index contributed by atoms with van der Waals surface area (Å²) in [6, 6.07) is 13.8. The molecule has 3 rings (SSSR count). The van der Waals surface area contributed by atoms with E-state index < -0.39 is 0 Å². The van der Waals surface area contributed by atoms with Gasteiger partial charge in [-0.3, -0.25) is 14.4 Å². The van der Waals surface area contributed by atoms with Crippen LogP contribution in [0.5, 0.6) is 0 Å². The van der Waals surface area contributed by atoms with Crippen molar-refractivity contribution < 1.29 is 18.8 Å². The van der Waals surface area contributed by atoms with E-state index in [1.54, 1.807) is 18.2 Å². The van der Waals surface area contributed by atoms with E-state index in [-0.39, 0.29) is 23.8 Å². The maximum atomic E-state index is 12.7. The normalized spacial score (nSPS) is 11.7. The lowest BCUT2D eigenvalue weighted by Crippen LogP contribution is -2.26. The quantitative estimate of drug-likeness (QED) is 0.627. The van der Waals surface area contributed by atoms with Crippen LogP contribution in [0.15, 0.2) is 52.9 Å². The molecular formula is C21H21N3O4. The first kappa shape index (κ1) is 19.2. The molecule has 0 bridgehead atoms. The lowest BCUT2D eigenvalue weighted by atomic mass is 10.1. The van der Waals surface area contributed by atoms with Crippen molar-refractivity contribution in [3.05, 3.63) is 59.9 Å². The molecule has 3 aromatic rings. The highest BCUT2D eigenvalue weighted by molar-refractivity contribution is 6.00. The van der Waals surface area contributed by atoms with E-state index in [2.05, 4.69) is 16.0 Å². The number of hydrogen-bond donors (Lipinski definition) is 3. The number of benzene rings is 2. The molecule has 0 spiro atoms. The lowest BCUT2D eigenvalue weighted by molar-refractivity contribution is -0.115. The van der Waals surface area contributed by atoms with Crippen LogP contribution in [-0.4, -0.2) is 17.7 Å². The van der Waals surface area contributed by atoms with Gasteiger partial charge in [-0.1, -0.05) is 18.2 Å². The molecule has 3 amide bonds. The summed E-state index contributed by atoms with van der Waals surface area (Å²) >= 11 is 0. The molecule has 1 atom stereocenters. The van der Waals surface area contributed by atoms with Crippen LogP contribution in [0, 0.1) is 0 Å². The largest absolute Gasteiger partial charge is 0.459 e. The van der Waals surface area contributed by atoms with Gasteiger partial charge < -0.3 is 20.4 Å². The fraction of sp³-hybridized carbons (Fsp3) is 0.190. The number of amides is 3. The Bertz CT molecular complexity index is 987. The van der Waals surface area contributed by atoms with Gasteiger partial charge in [-0.2, -0.15) is 0 Å². The zero-order valence-electron chi connectivity index (χ0n) is 15.8. The van der Waals surface area contributed by atoms with Gasteiger partial charge in [-0.15, -0.1) is 0 Å². The van der Waals surface area contributed by atoms with Gasteiger partial charge in [-0.25, -0.2) is 0 Å². The highest BCUT2D eigenvalue weighted by Gasteiger charge is 2.17. The van der Waals surface area contributed by atoms with Gasteiger partial charge in [0.1, 0.15) is 11.3 Å². The van der Waals surface area contributed by atoms with Gasteiger partial charge in [-0.05, 0) is 37.3 Å². The molecule has 7 heteroatoms. The van der Waals surface area contributed by atoms with Crippen molar-refractivity contribution in [1.82, 2.24) is 5.32 Å². The minimum Gasteiger partial charge on any atom is -0.459 e. The van der Waals surface area contributed by atoms with E-state index >= 15 is 0 Å². The Labute approximate surface area is 162 Å². The monoisotopic (exact) mass is 379 g/mol. The number of anilines is 2. The fourth-order valence-corrected chi connectivity index (χ4v) is 2.88. The van der Waals surface area contributed by atoms with Gasteiger partial charge in [0.05, 0.1) is 6.04 Å². The molecule has 1 unspecified atom stereocenters. The number of para-hydroxylation sites is 1. The average Bonchev–Trinajstić information content (AvgIpc) is 3.04. The highest BCUT2D eigenvalue weighted by Crippen LogP contribution is 2.25. The summed E-state index contributed by atoms with van der Waals surface area (Å²) in [4.78, 5) is 35.5. The molecular weight excluding hydrogens is 358 g/mol. The van der Waals surface area contributed by atoms with Gasteiger partial charge in [0.15, 0.2) is 0 Å². The Morgan fingerprint density at radius 1 is 0.893 bits per heavy atom. The van der Waals surface area contributed by atoms with Crippen LogP contribution in [0.1, 0.15) is 42.9 Å². The van der Waals surface area contributed by atoms with Crippen LogP contribution in [0.4, 0.5) is 11.4 Å². The second-order valence-electron chi connectivity index (χ2n) is 6.54. The van der Waals surface area contributed by atoms with Crippen molar-refractivity contribution in [2.75, 3.05) is 10.6 Å². The number of carbonyl (C=O) groups is 3. The molecule has 0 saturated heterocycles. The first-order valence-corrected chi connectivity index (χ1v) is 8.81. The smallest absolute Gasteiger partial charge is 0.252 e. The van der Waals surface area contributed by atoms with Crippen molar-refractivity contribution in [1.29, 1.82) is 0 Å². The Morgan fingerprint density at radius 3 is 2.07 bits per heavy atom. The van der Waals surface area contributed by atoms with Crippen LogP contribution in [-0.2, 0) is 9.59 Å². The Hall–Kier alpha value is -3.61. The van der Waals surface area contributed by atoms with Gasteiger partial charge >= 0.3 is 0 Å². The molecule has 144 valence electrons. The fourth-order valence-electron chi connectivity index (χ4n) is 2.88. The van der Waals surface area contributed by atoms with E-state index in [4.69, 9.17) is 4.42 Å². The van der Waals surface area contributed by atoms with E-state index in [0.717, 1.165) is 11.0 Å². The predicted octanol–water partition coefficient (Wildman–Crippen LogP) is 3.84. The molecule has 28 heavy (non-hydrogen) atoms. The maximum Gasteiger partial charge on any atom is 0.252 e. The number of carbonyl (C=O) groups excluding carboxylic acids is 3. The number of rotatable bonds is 5. The van der Waals surface area contributed by atoms with Crippen molar-refractivity contribution in [2.24, 2.45) is 0 Å². The van der Waals surface area contributed by atoms with Crippen LogP contribution >= 0.6 is 0 Å². The van der Waals surface area contributed by atoms with Gasteiger partial charge in [0.25, 0.3) is 5.91 Å². The Kier molecular flexibility index (Phi) is 5.44. The number of fused-ring (bicyclic) bond motifs is 1. The molecule has 0 aliphatic rings. The third-order valence-electron chi connectivity index (χ3n) is 4.05. The minimum absolute atomic E-state index is 0.276. The van der Waals surface area contributed by atoms with E-state index in [1.165, 1.54) is 13.8 Å². The number of furan rings is 1.